The molecule has 0 amide bonds. The average Bonchev–Trinajstić information content (AvgIpc) is 2.34. The highest BCUT2D eigenvalue weighted by Gasteiger charge is 2.36. The number of hydrogen-bond acceptors (Lipinski definition) is 2. The molecule has 18 heavy (non-hydrogen) atoms. The zero-order chi connectivity index (χ0) is 13.8. The van der Waals surface area contributed by atoms with Crippen molar-refractivity contribution in [2.75, 3.05) is 14.1 Å². The Balaban J connectivity index is 2.85. The topological polar surface area (TPSA) is 23.5 Å². The zero-order valence-electron chi connectivity index (χ0n) is 11.8. The molecule has 0 saturated heterocycles. The van der Waals surface area contributed by atoms with E-state index < -0.39 is 0 Å². The molecule has 0 fully saturated rings. The van der Waals surface area contributed by atoms with Crippen molar-refractivity contribution in [1.82, 2.24) is 4.90 Å². The van der Waals surface area contributed by atoms with E-state index in [-0.39, 0.29) is 11.6 Å². The minimum atomic E-state index is -0.331. The molecule has 0 heterocycles. The van der Waals surface area contributed by atoms with Gasteiger partial charge in [-0.1, -0.05) is 26.0 Å². The van der Waals surface area contributed by atoms with Crippen molar-refractivity contribution in [2.45, 2.75) is 44.8 Å². The van der Waals surface area contributed by atoms with E-state index >= 15 is 0 Å². The Morgan fingerprint density at radius 3 is 2.06 bits per heavy atom. The summed E-state index contributed by atoms with van der Waals surface area (Å²) >= 11 is 2.30. The summed E-state index contributed by atoms with van der Waals surface area (Å²) in [5.41, 5.74) is 1.08. The van der Waals surface area contributed by atoms with Crippen LogP contribution in [-0.4, -0.2) is 35.7 Å². The van der Waals surface area contributed by atoms with Gasteiger partial charge in [-0.15, -0.1) is 0 Å². The first-order valence-electron chi connectivity index (χ1n) is 6.56. The number of aliphatic hydroxyl groups is 1. The molecule has 0 spiro atoms. The lowest BCUT2D eigenvalue weighted by Gasteiger charge is -2.42. The lowest BCUT2D eigenvalue weighted by Crippen LogP contribution is -2.53. The van der Waals surface area contributed by atoms with Crippen LogP contribution < -0.4 is 0 Å². The molecule has 1 atom stereocenters. The van der Waals surface area contributed by atoms with Crippen LogP contribution in [0.3, 0.4) is 0 Å². The Hall–Kier alpha value is -0.130. The van der Waals surface area contributed by atoms with Gasteiger partial charge in [0.1, 0.15) is 0 Å². The van der Waals surface area contributed by atoms with Gasteiger partial charge in [0.05, 0.1) is 6.10 Å². The van der Waals surface area contributed by atoms with Crippen LogP contribution in [0.25, 0.3) is 0 Å². The number of rotatable bonds is 6. The summed E-state index contributed by atoms with van der Waals surface area (Å²) in [6, 6.07) is 8.41. The van der Waals surface area contributed by atoms with Gasteiger partial charge in [0, 0.05) is 15.5 Å². The number of likely N-dealkylation sites (N-methyl/N-ethyl adjacent to an activating group) is 1. The molecule has 0 bridgehead atoms. The lowest BCUT2D eigenvalue weighted by atomic mass is 9.82. The molecule has 0 saturated carbocycles. The molecule has 102 valence electrons. The second kappa shape index (κ2) is 6.87. The second-order valence-corrected chi connectivity index (χ2v) is 6.30. The predicted octanol–water partition coefficient (Wildman–Crippen LogP) is 3.32. The van der Waals surface area contributed by atoms with Crippen molar-refractivity contribution in [3.8, 4) is 0 Å². The fraction of sp³-hybridized carbons (Fsp3) is 0.600. The van der Waals surface area contributed by atoms with Crippen LogP contribution in [0.5, 0.6) is 0 Å². The average molecular weight is 361 g/mol. The van der Waals surface area contributed by atoms with Crippen LogP contribution in [0.1, 0.15) is 32.3 Å². The summed E-state index contributed by atoms with van der Waals surface area (Å²) < 4.78 is 1.23. The number of hydrogen-bond donors (Lipinski definition) is 1. The van der Waals surface area contributed by atoms with Crippen molar-refractivity contribution in [2.24, 2.45) is 0 Å². The molecule has 1 rings (SSSR count). The Morgan fingerprint density at radius 1 is 1.17 bits per heavy atom. The third-order valence-electron chi connectivity index (χ3n) is 4.08. The summed E-state index contributed by atoms with van der Waals surface area (Å²) in [5.74, 6) is 0. The molecule has 2 nitrogen and oxygen atoms in total. The monoisotopic (exact) mass is 361 g/mol. The Bertz CT molecular complexity index is 357. The van der Waals surface area contributed by atoms with Crippen LogP contribution >= 0.6 is 22.6 Å². The molecule has 0 aliphatic rings. The summed E-state index contributed by atoms with van der Waals surface area (Å²) in [4.78, 5) is 2.17. The molecule has 0 aliphatic carbocycles. The molecule has 0 aromatic heterocycles. The van der Waals surface area contributed by atoms with Crippen molar-refractivity contribution in [3.63, 3.8) is 0 Å². The maximum absolute atomic E-state index is 10.6. The van der Waals surface area contributed by atoms with E-state index in [4.69, 9.17) is 0 Å². The van der Waals surface area contributed by atoms with E-state index in [9.17, 15) is 5.11 Å². The van der Waals surface area contributed by atoms with E-state index in [1.807, 2.05) is 0 Å². The lowest BCUT2D eigenvalue weighted by molar-refractivity contribution is -0.0125. The number of nitrogens with zero attached hydrogens (tertiary/aromatic N) is 1. The summed E-state index contributed by atoms with van der Waals surface area (Å²) in [7, 11) is 4.12. The van der Waals surface area contributed by atoms with E-state index in [1.165, 1.54) is 9.13 Å². The first-order chi connectivity index (χ1) is 8.46. The van der Waals surface area contributed by atoms with Crippen molar-refractivity contribution >= 4 is 22.6 Å². The van der Waals surface area contributed by atoms with Crippen molar-refractivity contribution in [3.05, 3.63) is 33.4 Å². The fourth-order valence-electron chi connectivity index (χ4n) is 2.69. The summed E-state index contributed by atoms with van der Waals surface area (Å²) in [5, 5.41) is 10.6. The molecule has 1 aromatic carbocycles. The van der Waals surface area contributed by atoms with E-state index in [2.05, 4.69) is 79.7 Å². The van der Waals surface area contributed by atoms with Crippen LogP contribution in [0.4, 0.5) is 0 Å². The highest BCUT2D eigenvalue weighted by molar-refractivity contribution is 14.1. The molecule has 1 unspecified atom stereocenters. The maximum Gasteiger partial charge on any atom is 0.0763 e. The summed E-state index contributed by atoms with van der Waals surface area (Å²) in [6.45, 7) is 4.31. The predicted molar refractivity (Wildman–Crippen MR) is 85.9 cm³/mol. The molecule has 0 radical (unpaired) electrons. The Kier molecular flexibility index (Phi) is 6.08. The van der Waals surface area contributed by atoms with Gasteiger partial charge in [0.2, 0.25) is 0 Å². The van der Waals surface area contributed by atoms with Gasteiger partial charge in [-0.3, -0.25) is 0 Å². The van der Waals surface area contributed by atoms with Gasteiger partial charge >= 0.3 is 0 Å². The molecular weight excluding hydrogens is 337 g/mol. The Morgan fingerprint density at radius 2 is 1.67 bits per heavy atom. The smallest absolute Gasteiger partial charge is 0.0763 e. The molecular formula is C15H24INO. The molecule has 0 aliphatic heterocycles. The Labute approximate surface area is 125 Å². The largest absolute Gasteiger partial charge is 0.391 e. The van der Waals surface area contributed by atoms with Gasteiger partial charge in [0.25, 0.3) is 0 Å². The van der Waals surface area contributed by atoms with Crippen molar-refractivity contribution < 1.29 is 5.11 Å². The first kappa shape index (κ1) is 15.9. The summed E-state index contributed by atoms with van der Waals surface area (Å²) in [6.07, 6.45) is 2.31. The number of aliphatic hydroxyl groups excluding tert-OH is 1. The molecule has 1 aromatic rings. The minimum absolute atomic E-state index is 0.122. The highest BCUT2D eigenvalue weighted by Crippen LogP contribution is 2.28. The fourth-order valence-corrected chi connectivity index (χ4v) is 3.05. The second-order valence-electron chi connectivity index (χ2n) is 5.05. The zero-order valence-corrected chi connectivity index (χ0v) is 13.9. The third kappa shape index (κ3) is 3.45. The first-order valence-corrected chi connectivity index (χ1v) is 7.64. The van der Waals surface area contributed by atoms with Gasteiger partial charge in [-0.05, 0) is 67.2 Å². The SMILES string of the molecule is CCC(CC)(C(O)Cc1ccc(I)cc1)N(C)C. The van der Waals surface area contributed by atoms with Gasteiger partial charge < -0.3 is 10.0 Å². The van der Waals surface area contributed by atoms with E-state index in [1.54, 1.807) is 0 Å². The van der Waals surface area contributed by atoms with E-state index in [0.29, 0.717) is 0 Å². The standard InChI is InChI=1S/C15H24INO/c1-5-15(6-2,17(3)4)14(18)11-12-7-9-13(16)10-8-12/h7-10,14,18H,5-6,11H2,1-4H3. The van der Waals surface area contributed by atoms with Crippen molar-refractivity contribution in [1.29, 1.82) is 0 Å². The normalized spacial score (nSPS) is 13.9. The van der Waals surface area contributed by atoms with Crippen LogP contribution in [0, 0.1) is 3.57 Å². The van der Waals surface area contributed by atoms with Crippen LogP contribution in [-0.2, 0) is 6.42 Å². The van der Waals surface area contributed by atoms with Gasteiger partial charge in [0.15, 0.2) is 0 Å². The van der Waals surface area contributed by atoms with E-state index in [0.717, 1.165) is 19.3 Å². The molecule has 1 N–H and O–H groups in total. The van der Waals surface area contributed by atoms with Crippen LogP contribution in [0.2, 0.25) is 0 Å². The quantitative estimate of drug-likeness (QED) is 0.786. The van der Waals surface area contributed by atoms with Gasteiger partial charge in [-0.25, -0.2) is 0 Å². The van der Waals surface area contributed by atoms with Gasteiger partial charge in [-0.2, -0.15) is 0 Å². The molecule has 3 heteroatoms. The van der Waals surface area contributed by atoms with Crippen LogP contribution in [0.15, 0.2) is 24.3 Å². The highest BCUT2D eigenvalue weighted by atomic mass is 127. The minimum Gasteiger partial charge on any atom is -0.391 e. The maximum atomic E-state index is 10.6. The number of halogens is 1. The third-order valence-corrected chi connectivity index (χ3v) is 4.80. The number of benzene rings is 1.